The monoisotopic (exact) mass is 258 g/mol. The summed E-state index contributed by atoms with van der Waals surface area (Å²) in [6.45, 7) is 5.21. The van der Waals surface area contributed by atoms with Crippen LogP contribution in [-0.2, 0) is 0 Å². The highest BCUT2D eigenvalue weighted by atomic mass is 35.5. The van der Waals surface area contributed by atoms with Gasteiger partial charge in [0.15, 0.2) is 0 Å². The first-order chi connectivity index (χ1) is 7.40. The number of hydrogen-bond acceptors (Lipinski definition) is 2. The molecule has 88 valence electrons. The van der Waals surface area contributed by atoms with Crippen LogP contribution in [0.25, 0.3) is 0 Å². The molecular formula is C12H16Cl2N2. The van der Waals surface area contributed by atoms with E-state index in [2.05, 4.69) is 18.7 Å². The Kier molecular flexibility index (Phi) is 3.08. The standard InChI is InChI=1S/C12H16Cl2N2/c1-12(2)6-9(15)7-16(12)11-4-3-8(13)5-10(11)14/h3-5,9H,6-7,15H2,1-2H3. The zero-order valence-electron chi connectivity index (χ0n) is 9.50. The molecule has 2 nitrogen and oxygen atoms in total. The van der Waals surface area contributed by atoms with E-state index in [9.17, 15) is 0 Å². The van der Waals surface area contributed by atoms with Gasteiger partial charge >= 0.3 is 0 Å². The summed E-state index contributed by atoms with van der Waals surface area (Å²) in [6, 6.07) is 5.81. The topological polar surface area (TPSA) is 29.3 Å². The van der Waals surface area contributed by atoms with Gasteiger partial charge in [-0.2, -0.15) is 0 Å². The number of rotatable bonds is 1. The van der Waals surface area contributed by atoms with Crippen LogP contribution in [0.15, 0.2) is 18.2 Å². The van der Waals surface area contributed by atoms with Crippen molar-refractivity contribution in [2.45, 2.75) is 31.8 Å². The fraction of sp³-hybridized carbons (Fsp3) is 0.500. The minimum Gasteiger partial charge on any atom is -0.364 e. The summed E-state index contributed by atoms with van der Waals surface area (Å²) in [4.78, 5) is 2.26. The zero-order valence-corrected chi connectivity index (χ0v) is 11.0. The molecule has 0 bridgehead atoms. The molecule has 4 heteroatoms. The Hall–Kier alpha value is -0.440. The van der Waals surface area contributed by atoms with E-state index in [4.69, 9.17) is 28.9 Å². The van der Waals surface area contributed by atoms with Crippen molar-refractivity contribution in [2.75, 3.05) is 11.4 Å². The molecule has 1 aromatic rings. The van der Waals surface area contributed by atoms with Gasteiger partial charge in [-0.3, -0.25) is 0 Å². The van der Waals surface area contributed by atoms with Gasteiger partial charge in [0, 0.05) is 23.1 Å². The maximum atomic E-state index is 6.22. The van der Waals surface area contributed by atoms with Gasteiger partial charge in [0.05, 0.1) is 10.7 Å². The summed E-state index contributed by atoms with van der Waals surface area (Å²) in [7, 11) is 0. The largest absolute Gasteiger partial charge is 0.364 e. The normalized spacial score (nSPS) is 23.8. The third kappa shape index (κ3) is 2.15. The Bertz CT molecular complexity index is 404. The van der Waals surface area contributed by atoms with Crippen LogP contribution in [0.1, 0.15) is 20.3 Å². The number of nitrogens with two attached hydrogens (primary N) is 1. The highest BCUT2D eigenvalue weighted by molar-refractivity contribution is 6.36. The van der Waals surface area contributed by atoms with Crippen molar-refractivity contribution in [3.8, 4) is 0 Å². The molecule has 0 amide bonds. The van der Waals surface area contributed by atoms with Crippen LogP contribution in [0.2, 0.25) is 10.0 Å². The number of halogens is 2. The molecule has 0 saturated carbocycles. The summed E-state index contributed by atoms with van der Waals surface area (Å²) in [5.41, 5.74) is 7.08. The minimum atomic E-state index is 0.0525. The van der Waals surface area contributed by atoms with Crippen molar-refractivity contribution in [3.63, 3.8) is 0 Å². The molecular weight excluding hydrogens is 243 g/mol. The first-order valence-electron chi connectivity index (χ1n) is 5.38. The van der Waals surface area contributed by atoms with Crippen molar-refractivity contribution >= 4 is 28.9 Å². The maximum Gasteiger partial charge on any atom is 0.0654 e. The lowest BCUT2D eigenvalue weighted by Crippen LogP contribution is -2.38. The molecule has 0 radical (unpaired) electrons. The van der Waals surface area contributed by atoms with E-state index in [0.29, 0.717) is 10.0 Å². The van der Waals surface area contributed by atoms with E-state index in [1.165, 1.54) is 0 Å². The molecule has 1 unspecified atom stereocenters. The third-order valence-electron chi connectivity index (χ3n) is 3.11. The second-order valence-corrected chi connectivity index (χ2v) is 5.83. The quantitative estimate of drug-likeness (QED) is 0.838. The number of hydrogen-bond donors (Lipinski definition) is 1. The van der Waals surface area contributed by atoms with Gasteiger partial charge in [0.2, 0.25) is 0 Å². The molecule has 0 aliphatic carbocycles. The van der Waals surface area contributed by atoms with Crippen molar-refractivity contribution in [2.24, 2.45) is 5.73 Å². The van der Waals surface area contributed by atoms with Gasteiger partial charge in [-0.05, 0) is 38.5 Å². The average Bonchev–Trinajstić information content (AvgIpc) is 2.39. The third-order valence-corrected chi connectivity index (χ3v) is 3.65. The van der Waals surface area contributed by atoms with Gasteiger partial charge in [0.25, 0.3) is 0 Å². The summed E-state index contributed by atoms with van der Waals surface area (Å²) in [5, 5.41) is 1.35. The maximum absolute atomic E-state index is 6.22. The molecule has 1 heterocycles. The lowest BCUT2D eigenvalue weighted by molar-refractivity contribution is 0.506. The molecule has 1 atom stereocenters. The first-order valence-corrected chi connectivity index (χ1v) is 6.14. The van der Waals surface area contributed by atoms with Crippen LogP contribution < -0.4 is 10.6 Å². The second-order valence-electron chi connectivity index (χ2n) is 4.98. The highest BCUT2D eigenvalue weighted by Gasteiger charge is 2.37. The molecule has 0 aromatic heterocycles. The number of anilines is 1. The molecule has 1 saturated heterocycles. The Morgan fingerprint density at radius 3 is 2.56 bits per heavy atom. The minimum absolute atomic E-state index is 0.0525. The second kappa shape index (κ2) is 4.10. The van der Waals surface area contributed by atoms with Crippen LogP contribution in [0, 0.1) is 0 Å². The van der Waals surface area contributed by atoms with Crippen molar-refractivity contribution < 1.29 is 0 Å². The Balaban J connectivity index is 2.37. The van der Waals surface area contributed by atoms with E-state index in [1.54, 1.807) is 6.07 Å². The Morgan fingerprint density at radius 2 is 2.06 bits per heavy atom. The Labute approximate surface area is 106 Å². The molecule has 2 N–H and O–H groups in total. The lowest BCUT2D eigenvalue weighted by Gasteiger charge is -2.34. The molecule has 16 heavy (non-hydrogen) atoms. The van der Waals surface area contributed by atoms with Crippen LogP contribution in [0.5, 0.6) is 0 Å². The van der Waals surface area contributed by atoms with Gasteiger partial charge < -0.3 is 10.6 Å². The summed E-state index contributed by atoms with van der Waals surface area (Å²) in [6.07, 6.45) is 0.978. The van der Waals surface area contributed by atoms with Gasteiger partial charge in [-0.15, -0.1) is 0 Å². The summed E-state index contributed by atoms with van der Waals surface area (Å²) in [5.74, 6) is 0. The molecule has 1 aromatic carbocycles. The Morgan fingerprint density at radius 1 is 1.38 bits per heavy atom. The molecule has 2 rings (SSSR count). The van der Waals surface area contributed by atoms with Crippen LogP contribution in [0.3, 0.4) is 0 Å². The highest BCUT2D eigenvalue weighted by Crippen LogP contribution is 2.38. The molecule has 0 spiro atoms. The van der Waals surface area contributed by atoms with Crippen molar-refractivity contribution in [1.82, 2.24) is 0 Å². The van der Waals surface area contributed by atoms with Crippen LogP contribution in [0.4, 0.5) is 5.69 Å². The van der Waals surface area contributed by atoms with Crippen LogP contribution in [-0.4, -0.2) is 18.1 Å². The zero-order chi connectivity index (χ0) is 11.9. The first kappa shape index (κ1) is 12.0. The van der Waals surface area contributed by atoms with E-state index in [1.807, 2.05) is 12.1 Å². The van der Waals surface area contributed by atoms with E-state index in [-0.39, 0.29) is 11.6 Å². The smallest absolute Gasteiger partial charge is 0.0654 e. The van der Waals surface area contributed by atoms with Crippen molar-refractivity contribution in [1.29, 1.82) is 0 Å². The number of benzene rings is 1. The summed E-state index contributed by atoms with van der Waals surface area (Å²) >= 11 is 12.1. The fourth-order valence-electron chi connectivity index (χ4n) is 2.42. The van der Waals surface area contributed by atoms with E-state index in [0.717, 1.165) is 18.7 Å². The van der Waals surface area contributed by atoms with E-state index < -0.39 is 0 Å². The van der Waals surface area contributed by atoms with Crippen molar-refractivity contribution in [3.05, 3.63) is 28.2 Å². The molecule has 1 aliphatic rings. The lowest BCUT2D eigenvalue weighted by atomic mass is 10.00. The van der Waals surface area contributed by atoms with Gasteiger partial charge in [0.1, 0.15) is 0 Å². The predicted molar refractivity (Wildman–Crippen MR) is 70.5 cm³/mol. The SMILES string of the molecule is CC1(C)CC(N)CN1c1ccc(Cl)cc1Cl. The van der Waals surface area contributed by atoms with Gasteiger partial charge in [-0.1, -0.05) is 23.2 Å². The number of nitrogens with zero attached hydrogens (tertiary/aromatic N) is 1. The van der Waals surface area contributed by atoms with E-state index >= 15 is 0 Å². The molecule has 1 fully saturated rings. The predicted octanol–water partition coefficient (Wildman–Crippen LogP) is 3.31. The fourth-order valence-corrected chi connectivity index (χ4v) is 2.93. The van der Waals surface area contributed by atoms with Crippen LogP contribution >= 0.6 is 23.2 Å². The summed E-state index contributed by atoms with van der Waals surface area (Å²) < 4.78 is 0. The average molecular weight is 259 g/mol. The van der Waals surface area contributed by atoms with Gasteiger partial charge in [-0.25, -0.2) is 0 Å². The molecule has 1 aliphatic heterocycles.